The second-order valence-electron chi connectivity index (χ2n) is 9.77. The molecule has 10 heteroatoms. The molecule has 1 fully saturated rings. The van der Waals surface area contributed by atoms with E-state index in [1.54, 1.807) is 11.9 Å². The highest BCUT2D eigenvalue weighted by molar-refractivity contribution is 5.94. The summed E-state index contributed by atoms with van der Waals surface area (Å²) in [6.45, 7) is 3.56. The Morgan fingerprint density at radius 3 is 2.36 bits per heavy atom. The van der Waals surface area contributed by atoms with E-state index in [1.807, 2.05) is 13.8 Å². The zero-order chi connectivity index (χ0) is 26.4. The molecule has 198 valence electrons. The molecule has 0 unspecified atom stereocenters. The maximum absolute atomic E-state index is 13.6. The molecule has 1 aliphatic carbocycles. The lowest BCUT2D eigenvalue weighted by Crippen LogP contribution is -2.39. The molecule has 1 amide bonds. The first-order chi connectivity index (χ1) is 17.1. The topological polar surface area (TPSA) is 125 Å². The lowest BCUT2D eigenvalue weighted by molar-refractivity contribution is -0.139. The third kappa shape index (κ3) is 6.82. The first-order valence-corrected chi connectivity index (χ1v) is 12.4. The highest BCUT2D eigenvalue weighted by Gasteiger charge is 2.32. The smallest absolute Gasteiger partial charge is 0.305 e. The lowest BCUT2D eigenvalue weighted by Gasteiger charge is -2.31. The van der Waals surface area contributed by atoms with Crippen LogP contribution in [0.2, 0.25) is 0 Å². The van der Waals surface area contributed by atoms with Crippen LogP contribution >= 0.6 is 0 Å². The average Bonchev–Trinajstić information content (AvgIpc) is 3.22. The van der Waals surface area contributed by atoms with Crippen LogP contribution in [0.5, 0.6) is 5.88 Å². The van der Waals surface area contributed by atoms with E-state index in [0.29, 0.717) is 11.3 Å². The molecule has 1 aliphatic rings. The fraction of sp³-hybridized carbons (Fsp3) is 0.577. The Labute approximate surface area is 210 Å². The number of nitrogens with zero attached hydrogens (tertiary/aromatic N) is 3. The standard InChI is InChI=1S/C26H36FN3O6/c1-16(2)23-24(25(35)29(3)18-7-5-4-6-8-18)28-30(19-11-9-17(27)10-12-19)26(23)36-15-21(32)13-20(31)14-22(33)34/h9-12,16,18,20-21,31-32H,4-8,13-15H2,1-3H3,(H,33,34)/t20-,21+/m1/s1. The number of carbonyl (C=O) groups is 2. The molecule has 9 nitrogen and oxygen atoms in total. The largest absolute Gasteiger partial charge is 0.481 e. The molecule has 0 aliphatic heterocycles. The van der Waals surface area contributed by atoms with E-state index in [-0.39, 0.29) is 42.5 Å². The summed E-state index contributed by atoms with van der Waals surface area (Å²) < 4.78 is 21.0. The van der Waals surface area contributed by atoms with Gasteiger partial charge in [0.05, 0.1) is 24.3 Å². The first-order valence-electron chi connectivity index (χ1n) is 12.4. The average molecular weight is 506 g/mol. The second-order valence-corrected chi connectivity index (χ2v) is 9.77. The van der Waals surface area contributed by atoms with E-state index in [4.69, 9.17) is 9.84 Å². The summed E-state index contributed by atoms with van der Waals surface area (Å²) in [5, 5.41) is 33.6. The van der Waals surface area contributed by atoms with Crippen LogP contribution in [0, 0.1) is 5.82 Å². The van der Waals surface area contributed by atoms with Gasteiger partial charge in [-0.2, -0.15) is 5.10 Å². The monoisotopic (exact) mass is 505 g/mol. The van der Waals surface area contributed by atoms with Crippen LogP contribution < -0.4 is 4.74 Å². The third-order valence-electron chi connectivity index (χ3n) is 6.54. The maximum atomic E-state index is 13.6. The number of hydrogen-bond acceptors (Lipinski definition) is 6. The number of carbonyl (C=O) groups excluding carboxylic acids is 1. The summed E-state index contributed by atoms with van der Waals surface area (Å²) in [5.41, 5.74) is 1.27. The highest BCUT2D eigenvalue weighted by atomic mass is 19.1. The molecule has 36 heavy (non-hydrogen) atoms. The molecule has 1 aromatic heterocycles. The van der Waals surface area contributed by atoms with Crippen molar-refractivity contribution in [3.8, 4) is 11.6 Å². The Kier molecular flexibility index (Phi) is 9.44. The molecule has 1 aromatic carbocycles. The van der Waals surface area contributed by atoms with Gasteiger partial charge in [0, 0.05) is 25.1 Å². The van der Waals surface area contributed by atoms with Crippen molar-refractivity contribution in [3.05, 3.63) is 41.3 Å². The molecular weight excluding hydrogens is 469 g/mol. The summed E-state index contributed by atoms with van der Waals surface area (Å²) in [5.74, 6) is -1.74. The fourth-order valence-electron chi connectivity index (χ4n) is 4.63. The number of benzene rings is 1. The zero-order valence-electron chi connectivity index (χ0n) is 21.1. The van der Waals surface area contributed by atoms with Gasteiger partial charge in [0.25, 0.3) is 5.91 Å². The van der Waals surface area contributed by atoms with Crippen molar-refractivity contribution < 1.29 is 34.0 Å². The van der Waals surface area contributed by atoms with Gasteiger partial charge in [-0.15, -0.1) is 0 Å². The number of aromatic nitrogens is 2. The minimum absolute atomic E-state index is 0.129. The second kappa shape index (κ2) is 12.3. The Morgan fingerprint density at radius 1 is 1.14 bits per heavy atom. The first kappa shape index (κ1) is 27.6. The predicted molar refractivity (Wildman–Crippen MR) is 131 cm³/mol. The van der Waals surface area contributed by atoms with Crippen LogP contribution in [-0.4, -0.2) is 73.8 Å². The van der Waals surface area contributed by atoms with E-state index in [0.717, 1.165) is 32.1 Å². The molecule has 3 N–H and O–H groups in total. The summed E-state index contributed by atoms with van der Waals surface area (Å²) in [6.07, 6.45) is 2.12. The van der Waals surface area contributed by atoms with Crippen molar-refractivity contribution in [2.24, 2.45) is 0 Å². The minimum Gasteiger partial charge on any atom is -0.481 e. The molecule has 0 bridgehead atoms. The number of halogens is 1. The van der Waals surface area contributed by atoms with Crippen molar-refractivity contribution in [3.63, 3.8) is 0 Å². The number of amides is 1. The Morgan fingerprint density at radius 2 is 1.78 bits per heavy atom. The molecular formula is C26H36FN3O6. The summed E-state index contributed by atoms with van der Waals surface area (Å²) in [7, 11) is 1.79. The van der Waals surface area contributed by atoms with Crippen molar-refractivity contribution in [1.82, 2.24) is 14.7 Å². The molecule has 3 rings (SSSR count). The SMILES string of the molecule is CC(C)c1c(C(=O)N(C)C2CCCCC2)nn(-c2ccc(F)cc2)c1OC[C@@H](O)C[C@@H](O)CC(=O)O. The van der Waals surface area contributed by atoms with Gasteiger partial charge in [-0.3, -0.25) is 9.59 Å². The fourth-order valence-corrected chi connectivity index (χ4v) is 4.63. The van der Waals surface area contributed by atoms with Gasteiger partial charge in [-0.05, 0) is 43.0 Å². The van der Waals surface area contributed by atoms with Gasteiger partial charge in [0.2, 0.25) is 5.88 Å². The quantitative estimate of drug-likeness (QED) is 0.427. The van der Waals surface area contributed by atoms with E-state index >= 15 is 0 Å². The number of carboxylic acid groups (broad SMARTS) is 1. The van der Waals surface area contributed by atoms with E-state index in [1.165, 1.54) is 28.9 Å². The van der Waals surface area contributed by atoms with Crippen molar-refractivity contribution in [1.29, 1.82) is 0 Å². The molecule has 2 aromatic rings. The number of carboxylic acids is 1. The number of aliphatic hydroxyl groups is 2. The van der Waals surface area contributed by atoms with Crippen LogP contribution in [0.4, 0.5) is 4.39 Å². The van der Waals surface area contributed by atoms with Crippen LogP contribution in [0.3, 0.4) is 0 Å². The van der Waals surface area contributed by atoms with Gasteiger partial charge in [0.1, 0.15) is 12.4 Å². The van der Waals surface area contributed by atoms with E-state index in [2.05, 4.69) is 5.10 Å². The molecule has 0 spiro atoms. The number of aliphatic hydroxyl groups excluding tert-OH is 2. The van der Waals surface area contributed by atoms with Crippen LogP contribution in [0.1, 0.15) is 80.8 Å². The highest BCUT2D eigenvalue weighted by Crippen LogP contribution is 2.34. The Bertz CT molecular complexity index is 1030. The van der Waals surface area contributed by atoms with Crippen LogP contribution in [0.15, 0.2) is 24.3 Å². The van der Waals surface area contributed by atoms with E-state index in [9.17, 15) is 24.2 Å². The van der Waals surface area contributed by atoms with Crippen molar-refractivity contribution in [2.75, 3.05) is 13.7 Å². The summed E-state index contributed by atoms with van der Waals surface area (Å²) in [6, 6.07) is 5.73. The van der Waals surface area contributed by atoms with Crippen LogP contribution in [0.25, 0.3) is 5.69 Å². The third-order valence-corrected chi connectivity index (χ3v) is 6.54. The minimum atomic E-state index is -1.23. The van der Waals surface area contributed by atoms with Gasteiger partial charge >= 0.3 is 5.97 Å². The van der Waals surface area contributed by atoms with Gasteiger partial charge in [-0.1, -0.05) is 33.1 Å². The number of rotatable bonds is 11. The van der Waals surface area contributed by atoms with Gasteiger partial charge in [-0.25, -0.2) is 9.07 Å². The number of aliphatic carboxylic acids is 1. The summed E-state index contributed by atoms with van der Waals surface area (Å²) in [4.78, 5) is 26.1. The number of hydrogen-bond donors (Lipinski definition) is 3. The van der Waals surface area contributed by atoms with Gasteiger partial charge in [0.15, 0.2) is 5.69 Å². The Balaban J connectivity index is 1.95. The molecule has 0 saturated heterocycles. The maximum Gasteiger partial charge on any atom is 0.305 e. The molecule has 1 heterocycles. The van der Waals surface area contributed by atoms with Crippen LogP contribution in [-0.2, 0) is 4.79 Å². The predicted octanol–water partition coefficient (Wildman–Crippen LogP) is 3.50. The summed E-state index contributed by atoms with van der Waals surface area (Å²) >= 11 is 0. The molecule has 0 radical (unpaired) electrons. The Hall–Kier alpha value is -2.98. The zero-order valence-corrected chi connectivity index (χ0v) is 21.1. The number of ether oxygens (including phenoxy) is 1. The lowest BCUT2D eigenvalue weighted by atomic mass is 9.94. The van der Waals surface area contributed by atoms with E-state index < -0.39 is 30.4 Å². The van der Waals surface area contributed by atoms with Gasteiger partial charge < -0.3 is 25.0 Å². The normalized spacial score (nSPS) is 16.1. The van der Waals surface area contributed by atoms with Crippen molar-refractivity contribution >= 4 is 11.9 Å². The van der Waals surface area contributed by atoms with Crippen molar-refractivity contribution in [2.45, 2.75) is 83.0 Å². The molecule has 2 atom stereocenters. The molecule has 1 saturated carbocycles.